The highest BCUT2D eigenvalue weighted by Gasteiger charge is 2.23. The van der Waals surface area contributed by atoms with E-state index in [1.807, 2.05) is 30.3 Å². The third-order valence-electron chi connectivity index (χ3n) is 2.36. The molecule has 5 heteroatoms. The molecule has 0 saturated heterocycles. The molecule has 1 aromatic carbocycles. The van der Waals surface area contributed by atoms with E-state index in [0.29, 0.717) is 6.42 Å². The first-order valence-electron chi connectivity index (χ1n) is 5.27. The number of hydrogen-bond donors (Lipinski definition) is 2. The lowest BCUT2D eigenvalue weighted by molar-refractivity contribution is -0.145. The third kappa shape index (κ3) is 4.24. The average Bonchev–Trinajstić information content (AvgIpc) is 2.25. The van der Waals surface area contributed by atoms with Crippen molar-refractivity contribution in [3.8, 4) is 0 Å². The maximum Gasteiger partial charge on any atom is 0.323 e. The molecule has 17 heavy (non-hydrogen) atoms. The van der Waals surface area contributed by atoms with E-state index in [4.69, 9.17) is 5.11 Å². The van der Waals surface area contributed by atoms with E-state index in [2.05, 4.69) is 5.43 Å². The zero-order chi connectivity index (χ0) is 12.8. The minimum atomic E-state index is -0.967. The van der Waals surface area contributed by atoms with E-state index >= 15 is 0 Å². The second-order valence-electron chi connectivity index (χ2n) is 3.82. The van der Waals surface area contributed by atoms with Gasteiger partial charge in [-0.05, 0) is 5.56 Å². The molecule has 92 valence electrons. The number of nitrogens with zero attached hydrogens (tertiary/aromatic N) is 1. The van der Waals surface area contributed by atoms with Crippen molar-refractivity contribution in [1.82, 2.24) is 10.4 Å². The van der Waals surface area contributed by atoms with Gasteiger partial charge in [0.15, 0.2) is 0 Å². The summed E-state index contributed by atoms with van der Waals surface area (Å²) in [6.07, 6.45) is 0.340. The average molecular weight is 236 g/mol. The van der Waals surface area contributed by atoms with E-state index in [1.165, 1.54) is 11.9 Å². The number of likely N-dealkylation sites (N-methyl/N-ethyl adjacent to an activating group) is 1. The summed E-state index contributed by atoms with van der Waals surface area (Å²) in [5.74, 6) is -1.25. The van der Waals surface area contributed by atoms with Gasteiger partial charge >= 0.3 is 5.97 Å². The number of hydrazine groups is 1. The molecule has 1 amide bonds. The molecular formula is C12H16N2O3. The first-order chi connectivity index (χ1) is 8.00. The smallest absolute Gasteiger partial charge is 0.323 e. The fraction of sp³-hybridized carbons (Fsp3) is 0.333. The van der Waals surface area contributed by atoms with E-state index in [9.17, 15) is 9.59 Å². The summed E-state index contributed by atoms with van der Waals surface area (Å²) in [5, 5.41) is 10.4. The van der Waals surface area contributed by atoms with Gasteiger partial charge in [-0.2, -0.15) is 0 Å². The number of amides is 1. The molecule has 0 aliphatic heterocycles. The van der Waals surface area contributed by atoms with Gasteiger partial charge in [0.05, 0.1) is 0 Å². The van der Waals surface area contributed by atoms with Crippen molar-refractivity contribution in [2.45, 2.75) is 19.4 Å². The Kier molecular flexibility index (Phi) is 4.66. The quantitative estimate of drug-likeness (QED) is 0.737. The van der Waals surface area contributed by atoms with Crippen LogP contribution in [0.15, 0.2) is 30.3 Å². The van der Waals surface area contributed by atoms with Crippen LogP contribution in [0.5, 0.6) is 0 Å². The van der Waals surface area contributed by atoms with Crippen LogP contribution in [-0.4, -0.2) is 35.1 Å². The molecule has 0 fully saturated rings. The number of carbonyl (C=O) groups is 2. The lowest BCUT2D eigenvalue weighted by Crippen LogP contribution is -2.49. The number of nitrogens with one attached hydrogen (secondary N) is 1. The van der Waals surface area contributed by atoms with Gasteiger partial charge in [-0.25, -0.2) is 5.01 Å². The SMILES string of the molecule is CC(=O)NN(C)[C@@H](Cc1ccccc1)C(=O)O. The molecule has 0 bridgehead atoms. The van der Waals surface area contributed by atoms with Gasteiger partial charge in [-0.15, -0.1) is 0 Å². The Morgan fingerprint density at radius 1 is 1.35 bits per heavy atom. The van der Waals surface area contributed by atoms with Crippen molar-refractivity contribution in [1.29, 1.82) is 0 Å². The van der Waals surface area contributed by atoms with Crippen LogP contribution in [0, 0.1) is 0 Å². The van der Waals surface area contributed by atoms with Gasteiger partial charge in [0.25, 0.3) is 0 Å². The lowest BCUT2D eigenvalue weighted by atomic mass is 10.1. The Morgan fingerprint density at radius 2 is 1.94 bits per heavy atom. The van der Waals surface area contributed by atoms with E-state index < -0.39 is 12.0 Å². The monoisotopic (exact) mass is 236 g/mol. The Balaban J connectivity index is 2.73. The molecule has 0 unspecified atom stereocenters. The largest absolute Gasteiger partial charge is 0.480 e. The molecule has 0 aliphatic carbocycles. The van der Waals surface area contributed by atoms with Crippen molar-refractivity contribution in [3.63, 3.8) is 0 Å². The van der Waals surface area contributed by atoms with Crippen molar-refractivity contribution in [2.24, 2.45) is 0 Å². The van der Waals surface area contributed by atoms with E-state index in [0.717, 1.165) is 5.56 Å². The highest BCUT2D eigenvalue weighted by Crippen LogP contribution is 2.06. The molecule has 0 spiro atoms. The Morgan fingerprint density at radius 3 is 2.41 bits per heavy atom. The van der Waals surface area contributed by atoms with Crippen LogP contribution in [0.2, 0.25) is 0 Å². The van der Waals surface area contributed by atoms with Crippen LogP contribution in [0.3, 0.4) is 0 Å². The molecule has 1 atom stereocenters. The molecule has 0 radical (unpaired) electrons. The summed E-state index contributed by atoms with van der Waals surface area (Å²) in [5.41, 5.74) is 3.37. The highest BCUT2D eigenvalue weighted by molar-refractivity contribution is 5.76. The van der Waals surface area contributed by atoms with Gasteiger partial charge in [0.2, 0.25) is 5.91 Å². The second kappa shape index (κ2) is 6.00. The van der Waals surface area contributed by atoms with Crippen LogP contribution < -0.4 is 5.43 Å². The molecule has 2 N–H and O–H groups in total. The number of carboxylic acids is 1. The van der Waals surface area contributed by atoms with E-state index in [-0.39, 0.29) is 5.91 Å². The maximum absolute atomic E-state index is 11.1. The van der Waals surface area contributed by atoms with Crippen LogP contribution in [0.1, 0.15) is 12.5 Å². The molecule has 0 saturated carbocycles. The second-order valence-corrected chi connectivity index (χ2v) is 3.82. The minimum Gasteiger partial charge on any atom is -0.480 e. The van der Waals surface area contributed by atoms with Crippen molar-refractivity contribution < 1.29 is 14.7 Å². The lowest BCUT2D eigenvalue weighted by Gasteiger charge is -2.24. The fourth-order valence-corrected chi connectivity index (χ4v) is 1.55. The molecule has 0 aliphatic rings. The van der Waals surface area contributed by atoms with Gasteiger partial charge in [-0.3, -0.25) is 15.0 Å². The fourth-order valence-electron chi connectivity index (χ4n) is 1.55. The summed E-state index contributed by atoms with van der Waals surface area (Å²) in [6.45, 7) is 1.35. The zero-order valence-electron chi connectivity index (χ0n) is 9.88. The topological polar surface area (TPSA) is 69.6 Å². The summed E-state index contributed by atoms with van der Waals surface area (Å²) < 4.78 is 0. The van der Waals surface area contributed by atoms with Crippen LogP contribution in [0.25, 0.3) is 0 Å². The predicted molar refractivity (Wildman–Crippen MR) is 63.1 cm³/mol. The van der Waals surface area contributed by atoms with E-state index in [1.54, 1.807) is 7.05 Å². The van der Waals surface area contributed by atoms with Crippen molar-refractivity contribution >= 4 is 11.9 Å². The predicted octanol–water partition coefficient (Wildman–Crippen LogP) is 0.665. The number of rotatable bonds is 5. The van der Waals surface area contributed by atoms with Gasteiger partial charge < -0.3 is 5.11 Å². The molecular weight excluding hydrogens is 220 g/mol. The Hall–Kier alpha value is -1.88. The van der Waals surface area contributed by atoms with Gasteiger partial charge in [0, 0.05) is 20.4 Å². The molecule has 0 heterocycles. The summed E-state index contributed by atoms with van der Waals surface area (Å²) >= 11 is 0. The molecule has 1 aromatic rings. The molecule has 5 nitrogen and oxygen atoms in total. The van der Waals surface area contributed by atoms with Gasteiger partial charge in [-0.1, -0.05) is 30.3 Å². The third-order valence-corrected chi connectivity index (χ3v) is 2.36. The normalized spacial score (nSPS) is 12.2. The zero-order valence-corrected chi connectivity index (χ0v) is 9.88. The Bertz CT molecular complexity index is 392. The molecule has 1 rings (SSSR count). The summed E-state index contributed by atoms with van der Waals surface area (Å²) in [7, 11) is 1.54. The number of carbonyl (C=O) groups excluding carboxylic acids is 1. The number of hydrogen-bond acceptors (Lipinski definition) is 3. The van der Waals surface area contributed by atoms with Crippen molar-refractivity contribution in [3.05, 3.63) is 35.9 Å². The maximum atomic E-state index is 11.1. The van der Waals surface area contributed by atoms with Crippen LogP contribution in [-0.2, 0) is 16.0 Å². The highest BCUT2D eigenvalue weighted by atomic mass is 16.4. The number of benzene rings is 1. The number of aliphatic carboxylic acids is 1. The summed E-state index contributed by atoms with van der Waals surface area (Å²) in [4.78, 5) is 22.0. The van der Waals surface area contributed by atoms with Crippen LogP contribution in [0.4, 0.5) is 0 Å². The first kappa shape index (κ1) is 13.2. The standard InChI is InChI=1S/C12H16N2O3/c1-9(15)13-14(2)11(12(16)17)8-10-6-4-3-5-7-10/h3-7,11H,8H2,1-2H3,(H,13,15)(H,16,17)/t11-/m0/s1. The first-order valence-corrected chi connectivity index (χ1v) is 5.27. The molecule has 0 aromatic heterocycles. The van der Waals surface area contributed by atoms with Gasteiger partial charge in [0.1, 0.15) is 6.04 Å². The number of carboxylic acid groups (broad SMARTS) is 1. The minimum absolute atomic E-state index is 0.285. The Labute approximate surface area is 100 Å². The van der Waals surface area contributed by atoms with Crippen LogP contribution >= 0.6 is 0 Å². The summed E-state index contributed by atoms with van der Waals surface area (Å²) in [6, 6.07) is 8.52. The van der Waals surface area contributed by atoms with Crippen molar-refractivity contribution in [2.75, 3.05) is 7.05 Å².